The van der Waals surface area contributed by atoms with Crippen molar-refractivity contribution in [2.24, 2.45) is 4.99 Å². The van der Waals surface area contributed by atoms with Crippen molar-refractivity contribution in [1.29, 1.82) is 0 Å². The fourth-order valence-corrected chi connectivity index (χ4v) is 7.25. The predicted molar refractivity (Wildman–Crippen MR) is 85.4 cm³/mol. The van der Waals surface area contributed by atoms with Gasteiger partial charge >= 0.3 is 5.97 Å². The lowest BCUT2D eigenvalue weighted by Crippen LogP contribution is -2.63. The molecule has 5 atom stereocenters. The Morgan fingerprint density at radius 2 is 2.27 bits per heavy atom. The van der Waals surface area contributed by atoms with Crippen LogP contribution in [0.3, 0.4) is 0 Å². The standard InChI is InChI=1S/C15H19N3O3S/c1-9-10-7-12(19)17-8-16-13(15(20)21-2)14(18(10)17)11-5-4-6-22(9,11)3/h4-6,8-10,13-14H,7H2,1-3H3. The van der Waals surface area contributed by atoms with Gasteiger partial charge in [-0.1, -0.05) is 19.1 Å². The van der Waals surface area contributed by atoms with Gasteiger partial charge < -0.3 is 4.74 Å². The van der Waals surface area contributed by atoms with Gasteiger partial charge in [0.15, 0.2) is 6.04 Å². The van der Waals surface area contributed by atoms with E-state index in [4.69, 9.17) is 4.74 Å². The highest BCUT2D eigenvalue weighted by Gasteiger charge is 2.59. The largest absolute Gasteiger partial charge is 0.467 e. The number of methoxy groups -OCH3 is 1. The number of fused-ring (bicyclic) bond motifs is 2. The number of carbonyl (C=O) groups is 2. The molecular weight excluding hydrogens is 302 g/mol. The molecule has 1 amide bonds. The van der Waals surface area contributed by atoms with Crippen LogP contribution in [0, 0.1) is 0 Å². The molecule has 0 spiro atoms. The van der Waals surface area contributed by atoms with Crippen LogP contribution in [-0.2, 0) is 14.3 Å². The minimum absolute atomic E-state index is 0.0569. The summed E-state index contributed by atoms with van der Waals surface area (Å²) < 4.78 is 4.94. The first-order chi connectivity index (χ1) is 10.5. The number of hydrogen-bond acceptors (Lipinski definition) is 5. The maximum absolute atomic E-state index is 12.3. The van der Waals surface area contributed by atoms with Crippen LogP contribution in [-0.4, -0.2) is 65.0 Å². The minimum Gasteiger partial charge on any atom is -0.467 e. The highest BCUT2D eigenvalue weighted by Crippen LogP contribution is 2.67. The Morgan fingerprint density at radius 3 is 3.00 bits per heavy atom. The van der Waals surface area contributed by atoms with Crippen molar-refractivity contribution < 1.29 is 14.3 Å². The number of hydrogen-bond donors (Lipinski definition) is 0. The summed E-state index contributed by atoms with van der Waals surface area (Å²) in [6, 6.07) is -0.684. The molecule has 0 aromatic carbocycles. The molecule has 0 N–H and O–H groups in total. The van der Waals surface area contributed by atoms with Crippen LogP contribution in [0.5, 0.6) is 0 Å². The lowest BCUT2D eigenvalue weighted by molar-refractivity contribution is -0.148. The Labute approximate surface area is 130 Å². The maximum atomic E-state index is 12.3. The van der Waals surface area contributed by atoms with Crippen LogP contribution in [0.2, 0.25) is 0 Å². The predicted octanol–water partition coefficient (Wildman–Crippen LogP) is 1.00. The second-order valence-electron chi connectivity index (χ2n) is 6.22. The summed E-state index contributed by atoms with van der Waals surface area (Å²) in [4.78, 5) is 30.1. The molecule has 0 saturated carbocycles. The fourth-order valence-electron chi connectivity index (χ4n) is 4.00. The van der Waals surface area contributed by atoms with E-state index in [0.717, 1.165) is 0 Å². The fraction of sp³-hybridized carbons (Fsp3) is 0.533. The molecule has 0 bridgehead atoms. The Kier molecular flexibility index (Phi) is 2.84. The summed E-state index contributed by atoms with van der Waals surface area (Å²) >= 11 is 0. The summed E-state index contributed by atoms with van der Waals surface area (Å²) in [5.41, 5.74) is 0. The molecule has 2 fully saturated rings. The summed E-state index contributed by atoms with van der Waals surface area (Å²) in [6.07, 6.45) is 8.44. The quantitative estimate of drug-likeness (QED) is 0.676. The number of ether oxygens (including phenoxy) is 1. The third kappa shape index (κ3) is 1.53. The molecule has 5 unspecified atom stereocenters. The van der Waals surface area contributed by atoms with Gasteiger partial charge in [-0.2, -0.15) is 15.0 Å². The summed E-state index contributed by atoms with van der Waals surface area (Å²) in [6.45, 7) is 2.22. The number of hydrazine groups is 1. The molecule has 4 aliphatic rings. The van der Waals surface area contributed by atoms with Crippen LogP contribution in [0.15, 0.2) is 27.5 Å². The van der Waals surface area contributed by atoms with E-state index in [1.54, 1.807) is 5.01 Å². The number of rotatable bonds is 1. The van der Waals surface area contributed by atoms with Crippen molar-refractivity contribution in [1.82, 2.24) is 10.0 Å². The number of amides is 1. The molecule has 118 valence electrons. The number of nitrogens with zero attached hydrogens (tertiary/aromatic N) is 3. The molecular formula is C15H19N3O3S. The van der Waals surface area contributed by atoms with E-state index in [1.807, 2.05) is 0 Å². The monoisotopic (exact) mass is 321 g/mol. The number of aliphatic imine (C=N–C) groups is 1. The second-order valence-corrected chi connectivity index (χ2v) is 9.80. The number of carbonyl (C=O) groups excluding carboxylic acids is 2. The normalized spacial score (nSPS) is 45.1. The van der Waals surface area contributed by atoms with Crippen molar-refractivity contribution in [2.45, 2.75) is 36.7 Å². The topological polar surface area (TPSA) is 62.2 Å². The summed E-state index contributed by atoms with van der Waals surface area (Å²) in [7, 11) is 0.235. The van der Waals surface area contributed by atoms with Gasteiger partial charge in [0.05, 0.1) is 19.2 Å². The van der Waals surface area contributed by atoms with Crippen molar-refractivity contribution in [3.63, 3.8) is 0 Å². The average molecular weight is 321 g/mol. The number of esters is 1. The third-order valence-corrected chi connectivity index (χ3v) is 9.30. The lowest BCUT2D eigenvalue weighted by Gasteiger charge is -2.56. The zero-order chi connectivity index (χ0) is 15.6. The Bertz CT molecular complexity index is 658. The molecule has 4 aliphatic heterocycles. The van der Waals surface area contributed by atoms with E-state index < -0.39 is 16.1 Å². The van der Waals surface area contributed by atoms with E-state index in [9.17, 15) is 9.59 Å². The minimum atomic E-state index is -1.15. The van der Waals surface area contributed by atoms with Crippen molar-refractivity contribution in [3.8, 4) is 0 Å². The summed E-state index contributed by atoms with van der Waals surface area (Å²) in [5, 5.41) is 6.30. The van der Waals surface area contributed by atoms with E-state index in [1.165, 1.54) is 18.4 Å². The van der Waals surface area contributed by atoms with Crippen LogP contribution >= 0.6 is 10.0 Å². The van der Waals surface area contributed by atoms with Gasteiger partial charge in [0.1, 0.15) is 6.34 Å². The van der Waals surface area contributed by atoms with E-state index in [-0.39, 0.29) is 24.0 Å². The van der Waals surface area contributed by atoms with Crippen LogP contribution in [0.1, 0.15) is 13.3 Å². The molecule has 2 saturated heterocycles. The van der Waals surface area contributed by atoms with E-state index in [2.05, 4.69) is 40.7 Å². The Hall–Kier alpha value is -1.60. The van der Waals surface area contributed by atoms with Crippen molar-refractivity contribution >= 4 is 28.2 Å². The molecule has 22 heavy (non-hydrogen) atoms. The highest BCUT2D eigenvalue weighted by atomic mass is 32.3. The lowest BCUT2D eigenvalue weighted by atomic mass is 10.0. The van der Waals surface area contributed by atoms with Gasteiger partial charge in [0, 0.05) is 11.7 Å². The molecule has 0 aliphatic carbocycles. The average Bonchev–Trinajstić information content (AvgIpc) is 3.06. The maximum Gasteiger partial charge on any atom is 0.332 e. The van der Waals surface area contributed by atoms with Crippen molar-refractivity contribution in [3.05, 3.63) is 22.5 Å². The second kappa shape index (κ2) is 4.45. The first-order valence-corrected chi connectivity index (χ1v) is 9.53. The molecule has 0 radical (unpaired) electrons. The first-order valence-electron chi connectivity index (χ1n) is 7.36. The van der Waals surface area contributed by atoms with Gasteiger partial charge in [-0.05, 0) is 16.6 Å². The smallest absolute Gasteiger partial charge is 0.332 e. The van der Waals surface area contributed by atoms with Crippen LogP contribution in [0.4, 0.5) is 0 Å². The van der Waals surface area contributed by atoms with E-state index >= 15 is 0 Å². The van der Waals surface area contributed by atoms with Crippen LogP contribution < -0.4 is 0 Å². The first kappa shape index (κ1) is 14.0. The summed E-state index contributed by atoms with van der Waals surface area (Å²) in [5.74, 6) is -0.287. The number of allylic oxidation sites excluding steroid dienone is 2. The van der Waals surface area contributed by atoms with Gasteiger partial charge in [-0.3, -0.25) is 9.79 Å². The molecule has 0 aromatic heterocycles. The highest BCUT2D eigenvalue weighted by molar-refractivity contribution is 8.39. The molecule has 0 aromatic rings. The zero-order valence-electron chi connectivity index (χ0n) is 12.8. The van der Waals surface area contributed by atoms with Crippen molar-refractivity contribution in [2.75, 3.05) is 13.4 Å². The van der Waals surface area contributed by atoms with Gasteiger partial charge in [-0.25, -0.2) is 9.80 Å². The molecule has 7 heteroatoms. The molecule has 6 nitrogen and oxygen atoms in total. The van der Waals surface area contributed by atoms with E-state index in [0.29, 0.717) is 11.7 Å². The Morgan fingerprint density at radius 1 is 1.50 bits per heavy atom. The Balaban J connectivity index is 1.87. The van der Waals surface area contributed by atoms with Gasteiger partial charge in [0.2, 0.25) is 5.91 Å². The molecule has 4 heterocycles. The molecule has 4 rings (SSSR count). The third-order valence-electron chi connectivity index (χ3n) is 5.33. The van der Waals surface area contributed by atoms with Crippen LogP contribution in [0.25, 0.3) is 0 Å². The van der Waals surface area contributed by atoms with Gasteiger partial charge in [-0.15, -0.1) is 0 Å². The SMILES string of the molecule is COC(=O)C1N=CN2C(=O)CC3C(C)S4(C)C=CC=C4C1N32. The zero-order valence-corrected chi connectivity index (χ0v) is 13.6. The van der Waals surface area contributed by atoms with Gasteiger partial charge in [0.25, 0.3) is 0 Å².